The summed E-state index contributed by atoms with van der Waals surface area (Å²) in [7, 11) is 0. The largest absolute Gasteiger partial charge is 0.456 e. The van der Waals surface area contributed by atoms with Gasteiger partial charge < -0.3 is 4.42 Å². The zero-order chi connectivity index (χ0) is 27.2. The summed E-state index contributed by atoms with van der Waals surface area (Å²) in [5.41, 5.74) is 6.86. The Bertz CT molecular complexity index is 2150. The smallest absolute Gasteiger partial charge is 0.164 e. The molecule has 0 amide bonds. The van der Waals surface area contributed by atoms with Gasteiger partial charge in [0.2, 0.25) is 0 Å². The Kier molecular flexibility index (Phi) is 5.35. The molecule has 0 unspecified atom stereocenters. The zero-order valence-corrected chi connectivity index (χ0v) is 21.8. The van der Waals surface area contributed by atoms with Gasteiger partial charge >= 0.3 is 0 Å². The lowest BCUT2D eigenvalue weighted by Gasteiger charge is -2.09. The van der Waals surface area contributed by atoms with Gasteiger partial charge in [-0.15, -0.1) is 0 Å². The third-order valence-corrected chi connectivity index (χ3v) is 7.18. The Morgan fingerprint density at radius 2 is 1.15 bits per heavy atom. The van der Waals surface area contributed by atoms with E-state index >= 15 is 0 Å². The summed E-state index contributed by atoms with van der Waals surface area (Å²) in [6, 6.07) is 40.1. The molecule has 0 aliphatic heterocycles. The summed E-state index contributed by atoms with van der Waals surface area (Å²) in [6.45, 7) is 0. The first-order valence-electron chi connectivity index (χ1n) is 13.3. The van der Waals surface area contributed by atoms with E-state index in [1.165, 1.54) is 0 Å². The van der Waals surface area contributed by atoms with E-state index in [2.05, 4.69) is 18.2 Å². The van der Waals surface area contributed by atoms with Gasteiger partial charge in [0, 0.05) is 33.7 Å². The molecule has 0 fully saturated rings. The molecule has 6 nitrogen and oxygen atoms in total. The minimum atomic E-state index is 0.611. The standard InChI is InChI=1S/C35H21N5O/c1-3-9-22(10-4-1)33-38-34(23-11-5-2-6-12-23)40-35(39-33)25-16-17-27-24(21-25)15-18-28(37-27)32-31-26-13-7-8-14-29(26)41-30(31)19-20-36-32/h1-21H. The van der Waals surface area contributed by atoms with Crippen molar-refractivity contribution in [1.82, 2.24) is 24.9 Å². The predicted octanol–water partition coefficient (Wildman–Crippen LogP) is 8.38. The van der Waals surface area contributed by atoms with Gasteiger partial charge in [0.15, 0.2) is 17.5 Å². The maximum absolute atomic E-state index is 6.06. The highest BCUT2D eigenvalue weighted by Crippen LogP contribution is 2.35. The first-order chi connectivity index (χ1) is 20.3. The molecule has 4 heterocycles. The van der Waals surface area contributed by atoms with Gasteiger partial charge in [-0.25, -0.2) is 19.9 Å². The van der Waals surface area contributed by atoms with E-state index in [9.17, 15) is 0 Å². The number of aromatic nitrogens is 5. The van der Waals surface area contributed by atoms with Gasteiger partial charge in [0.1, 0.15) is 16.9 Å². The highest BCUT2D eigenvalue weighted by molar-refractivity contribution is 6.11. The average molecular weight is 528 g/mol. The molecule has 0 saturated carbocycles. The Hall–Kier alpha value is -5.75. The minimum absolute atomic E-state index is 0.611. The van der Waals surface area contributed by atoms with Gasteiger partial charge in [-0.3, -0.25) is 4.98 Å². The molecule has 0 aliphatic rings. The van der Waals surface area contributed by atoms with E-state index in [-0.39, 0.29) is 0 Å². The molecular formula is C35H21N5O. The van der Waals surface area contributed by atoms with E-state index in [0.717, 1.165) is 60.9 Å². The highest BCUT2D eigenvalue weighted by atomic mass is 16.3. The van der Waals surface area contributed by atoms with Crippen LogP contribution in [0.5, 0.6) is 0 Å². The minimum Gasteiger partial charge on any atom is -0.456 e. The van der Waals surface area contributed by atoms with Crippen molar-refractivity contribution < 1.29 is 4.42 Å². The van der Waals surface area contributed by atoms with Crippen LogP contribution >= 0.6 is 0 Å². The lowest BCUT2D eigenvalue weighted by molar-refractivity contribution is 0.668. The van der Waals surface area contributed by atoms with Crippen molar-refractivity contribution in [2.24, 2.45) is 0 Å². The third-order valence-electron chi connectivity index (χ3n) is 7.18. The molecule has 0 N–H and O–H groups in total. The molecule has 192 valence electrons. The van der Waals surface area contributed by atoms with E-state index in [1.807, 2.05) is 103 Å². The molecule has 0 radical (unpaired) electrons. The van der Waals surface area contributed by atoms with Gasteiger partial charge in [0.25, 0.3) is 0 Å². The normalized spacial score (nSPS) is 11.4. The monoisotopic (exact) mass is 527 g/mol. The molecule has 0 spiro atoms. The van der Waals surface area contributed by atoms with Crippen LogP contribution in [0.1, 0.15) is 0 Å². The van der Waals surface area contributed by atoms with Crippen molar-refractivity contribution in [2.75, 3.05) is 0 Å². The second kappa shape index (κ2) is 9.47. The van der Waals surface area contributed by atoms with Crippen LogP contribution in [0.25, 0.3) is 78.4 Å². The molecule has 4 aromatic carbocycles. The second-order valence-electron chi connectivity index (χ2n) is 9.77. The van der Waals surface area contributed by atoms with E-state index in [4.69, 9.17) is 29.3 Å². The SMILES string of the molecule is c1ccc(-c2nc(-c3ccccc3)nc(-c3ccc4nc(-c5nccc6oc7ccccc7c56)ccc4c3)n2)cc1. The molecule has 4 aromatic heterocycles. The third kappa shape index (κ3) is 4.10. The fourth-order valence-corrected chi connectivity index (χ4v) is 5.20. The first-order valence-corrected chi connectivity index (χ1v) is 13.3. The van der Waals surface area contributed by atoms with E-state index in [0.29, 0.717) is 17.5 Å². The van der Waals surface area contributed by atoms with Crippen molar-refractivity contribution in [1.29, 1.82) is 0 Å². The van der Waals surface area contributed by atoms with Crippen LogP contribution in [0, 0.1) is 0 Å². The first kappa shape index (κ1) is 23.2. The van der Waals surface area contributed by atoms with Crippen molar-refractivity contribution >= 4 is 32.8 Å². The van der Waals surface area contributed by atoms with Crippen LogP contribution in [-0.4, -0.2) is 24.9 Å². The molecule has 8 aromatic rings. The average Bonchev–Trinajstić information content (AvgIpc) is 3.44. The summed E-state index contributed by atoms with van der Waals surface area (Å²) in [5.74, 6) is 1.88. The quantitative estimate of drug-likeness (QED) is 0.229. The summed E-state index contributed by atoms with van der Waals surface area (Å²) in [5, 5.41) is 2.98. The lowest BCUT2D eigenvalue weighted by atomic mass is 10.1. The van der Waals surface area contributed by atoms with Crippen LogP contribution < -0.4 is 0 Å². The summed E-state index contributed by atoms with van der Waals surface area (Å²) in [4.78, 5) is 24.2. The molecule has 0 bridgehead atoms. The Labute approximate surface area is 235 Å². The number of fused-ring (bicyclic) bond motifs is 4. The van der Waals surface area contributed by atoms with Gasteiger partial charge in [-0.2, -0.15) is 0 Å². The van der Waals surface area contributed by atoms with Crippen LogP contribution in [0.4, 0.5) is 0 Å². The zero-order valence-electron chi connectivity index (χ0n) is 21.8. The fraction of sp³-hybridized carbons (Fsp3) is 0. The molecule has 0 atom stereocenters. The summed E-state index contributed by atoms with van der Waals surface area (Å²) >= 11 is 0. The summed E-state index contributed by atoms with van der Waals surface area (Å²) < 4.78 is 6.06. The number of para-hydroxylation sites is 1. The second-order valence-corrected chi connectivity index (χ2v) is 9.77. The number of nitrogens with zero attached hydrogens (tertiary/aromatic N) is 5. The van der Waals surface area contributed by atoms with Gasteiger partial charge in [0.05, 0.1) is 16.6 Å². The van der Waals surface area contributed by atoms with Crippen LogP contribution in [0.2, 0.25) is 0 Å². The fourth-order valence-electron chi connectivity index (χ4n) is 5.20. The molecule has 41 heavy (non-hydrogen) atoms. The topological polar surface area (TPSA) is 77.6 Å². The molecule has 8 rings (SSSR count). The highest BCUT2D eigenvalue weighted by Gasteiger charge is 2.16. The lowest BCUT2D eigenvalue weighted by Crippen LogP contribution is -2.00. The maximum Gasteiger partial charge on any atom is 0.164 e. The Morgan fingerprint density at radius 3 is 1.88 bits per heavy atom. The Morgan fingerprint density at radius 1 is 0.488 bits per heavy atom. The van der Waals surface area contributed by atoms with Gasteiger partial charge in [-0.1, -0.05) is 84.9 Å². The number of furan rings is 1. The van der Waals surface area contributed by atoms with Crippen molar-refractivity contribution in [2.45, 2.75) is 0 Å². The molecule has 0 saturated heterocycles. The number of benzene rings is 4. The number of hydrogen-bond acceptors (Lipinski definition) is 6. The van der Waals surface area contributed by atoms with Gasteiger partial charge in [-0.05, 0) is 36.4 Å². The number of pyridine rings is 2. The van der Waals surface area contributed by atoms with Crippen LogP contribution in [-0.2, 0) is 0 Å². The van der Waals surface area contributed by atoms with Crippen molar-refractivity contribution in [3.8, 4) is 45.6 Å². The Balaban J connectivity index is 1.25. The maximum atomic E-state index is 6.06. The van der Waals surface area contributed by atoms with Crippen LogP contribution in [0.3, 0.4) is 0 Å². The summed E-state index contributed by atoms with van der Waals surface area (Å²) in [6.07, 6.45) is 1.77. The van der Waals surface area contributed by atoms with E-state index < -0.39 is 0 Å². The van der Waals surface area contributed by atoms with Crippen molar-refractivity contribution in [3.05, 3.63) is 128 Å². The van der Waals surface area contributed by atoms with Crippen molar-refractivity contribution in [3.63, 3.8) is 0 Å². The molecule has 0 aliphatic carbocycles. The van der Waals surface area contributed by atoms with E-state index in [1.54, 1.807) is 6.20 Å². The molecular weight excluding hydrogens is 506 g/mol. The number of rotatable bonds is 4. The molecule has 6 heteroatoms. The van der Waals surface area contributed by atoms with Crippen LogP contribution in [0.15, 0.2) is 132 Å². The predicted molar refractivity (Wildman–Crippen MR) is 162 cm³/mol. The number of hydrogen-bond donors (Lipinski definition) is 0.